The van der Waals surface area contributed by atoms with Crippen LogP contribution in [0.15, 0.2) is 30.3 Å². The van der Waals surface area contributed by atoms with Crippen LogP contribution in [-0.4, -0.2) is 35.2 Å². The van der Waals surface area contributed by atoms with E-state index in [1.54, 1.807) is 18.2 Å². The van der Waals surface area contributed by atoms with E-state index in [1.807, 2.05) is 13.0 Å². The third-order valence-electron chi connectivity index (χ3n) is 7.51. The van der Waals surface area contributed by atoms with Gasteiger partial charge in [-0.1, -0.05) is 40.9 Å². The van der Waals surface area contributed by atoms with E-state index in [1.165, 1.54) is 6.07 Å². The second kappa shape index (κ2) is 6.70. The predicted molar refractivity (Wildman–Crippen MR) is 122 cm³/mol. The minimum atomic E-state index is -1.25. The Kier molecular flexibility index (Phi) is 4.29. The Balaban J connectivity index is 1.58. The summed E-state index contributed by atoms with van der Waals surface area (Å²) in [4.78, 5) is 44.5. The lowest BCUT2D eigenvalue weighted by molar-refractivity contribution is -0.135. The standard InChI is InChI=1S/C23H18Cl3N3O3/c1-10-13(25)7-5-12-19(10)27-22(32)23(12)18-17(15-3-2-8-28(15)23)20(30)29(21(18)31)16-9-11(24)4-6-14(16)26/h4-7,9,15,17-18H,2-3,8H2,1H3,(H,27,32)/t15-,17-,18-,23-/m0/s1. The number of imide groups is 1. The Morgan fingerprint density at radius 1 is 1.03 bits per heavy atom. The quantitative estimate of drug-likeness (QED) is 0.602. The molecule has 1 spiro atoms. The largest absolute Gasteiger partial charge is 0.324 e. The average molecular weight is 491 g/mol. The van der Waals surface area contributed by atoms with Crippen molar-refractivity contribution in [2.45, 2.75) is 31.3 Å². The van der Waals surface area contributed by atoms with Crippen LogP contribution < -0.4 is 10.2 Å². The first-order chi connectivity index (χ1) is 15.3. The summed E-state index contributed by atoms with van der Waals surface area (Å²) in [6, 6.07) is 8.05. The van der Waals surface area contributed by atoms with Crippen LogP contribution in [0.4, 0.5) is 11.4 Å². The van der Waals surface area contributed by atoms with Crippen molar-refractivity contribution in [1.82, 2.24) is 4.90 Å². The molecular weight excluding hydrogens is 473 g/mol. The monoisotopic (exact) mass is 489 g/mol. The molecule has 4 aliphatic heterocycles. The molecule has 0 unspecified atom stereocenters. The van der Waals surface area contributed by atoms with E-state index in [0.29, 0.717) is 27.8 Å². The predicted octanol–water partition coefficient (Wildman–Crippen LogP) is 4.39. The Morgan fingerprint density at radius 3 is 2.56 bits per heavy atom. The number of hydrogen-bond acceptors (Lipinski definition) is 4. The highest BCUT2D eigenvalue weighted by molar-refractivity contribution is 6.38. The first-order valence-electron chi connectivity index (χ1n) is 10.5. The van der Waals surface area contributed by atoms with Crippen LogP contribution in [0.5, 0.6) is 0 Å². The summed E-state index contributed by atoms with van der Waals surface area (Å²) in [5, 5.41) is 4.14. The van der Waals surface area contributed by atoms with Crippen LogP contribution in [0.2, 0.25) is 15.1 Å². The van der Waals surface area contributed by atoms with Gasteiger partial charge in [-0.2, -0.15) is 0 Å². The molecule has 3 amide bonds. The number of halogens is 3. The van der Waals surface area contributed by atoms with Gasteiger partial charge in [-0.05, 0) is 56.1 Å². The molecule has 2 aromatic carbocycles. The van der Waals surface area contributed by atoms with Gasteiger partial charge >= 0.3 is 0 Å². The van der Waals surface area contributed by atoms with Gasteiger partial charge in [-0.15, -0.1) is 0 Å². The third-order valence-corrected chi connectivity index (χ3v) is 8.48. The molecule has 1 N–H and O–H groups in total. The summed E-state index contributed by atoms with van der Waals surface area (Å²) in [5.74, 6) is -2.51. The highest BCUT2D eigenvalue weighted by atomic mass is 35.5. The Hall–Kier alpha value is -2.12. The van der Waals surface area contributed by atoms with Gasteiger partial charge in [0.1, 0.15) is 5.54 Å². The number of fused-ring (bicyclic) bond motifs is 7. The number of nitrogens with one attached hydrogen (secondary N) is 1. The van der Waals surface area contributed by atoms with Crippen molar-refractivity contribution < 1.29 is 14.4 Å². The van der Waals surface area contributed by atoms with Gasteiger partial charge in [0, 0.05) is 21.7 Å². The van der Waals surface area contributed by atoms with Crippen LogP contribution in [0.1, 0.15) is 24.0 Å². The fraction of sp³-hybridized carbons (Fsp3) is 0.348. The van der Waals surface area contributed by atoms with E-state index >= 15 is 0 Å². The number of anilines is 2. The van der Waals surface area contributed by atoms with Crippen LogP contribution >= 0.6 is 34.8 Å². The van der Waals surface area contributed by atoms with Gasteiger partial charge in [0.25, 0.3) is 0 Å². The van der Waals surface area contributed by atoms with Crippen LogP contribution in [0.25, 0.3) is 0 Å². The number of hydrogen-bond donors (Lipinski definition) is 1. The molecule has 4 heterocycles. The highest BCUT2D eigenvalue weighted by Crippen LogP contribution is 2.61. The number of rotatable bonds is 1. The average Bonchev–Trinajstić information content (AvgIpc) is 3.46. The lowest BCUT2D eigenvalue weighted by Crippen LogP contribution is -2.54. The maximum absolute atomic E-state index is 13.9. The molecule has 0 aliphatic carbocycles. The van der Waals surface area contributed by atoms with E-state index in [0.717, 1.165) is 23.3 Å². The van der Waals surface area contributed by atoms with Crippen molar-refractivity contribution in [1.29, 1.82) is 0 Å². The van der Waals surface area contributed by atoms with Gasteiger partial charge in [0.05, 0.1) is 28.2 Å². The molecule has 0 bridgehead atoms. The highest BCUT2D eigenvalue weighted by Gasteiger charge is 2.74. The Morgan fingerprint density at radius 2 is 1.78 bits per heavy atom. The fourth-order valence-corrected chi connectivity index (χ4v) is 6.81. The van der Waals surface area contributed by atoms with E-state index in [-0.39, 0.29) is 28.6 Å². The molecule has 0 saturated carbocycles. The number of amides is 3. The molecule has 164 valence electrons. The molecular formula is C23H18Cl3N3O3. The molecule has 6 nitrogen and oxygen atoms in total. The SMILES string of the molecule is Cc1c(Cl)ccc2c1NC(=O)[C@@]21[C@@H]2C(=O)N(c3cc(Cl)ccc3Cl)C(=O)[C@H]2[C@@H]2CCCN21. The lowest BCUT2D eigenvalue weighted by atomic mass is 9.75. The second-order valence-electron chi connectivity index (χ2n) is 8.83. The zero-order valence-electron chi connectivity index (χ0n) is 17.0. The van der Waals surface area contributed by atoms with Crippen LogP contribution in [-0.2, 0) is 19.9 Å². The molecule has 9 heteroatoms. The van der Waals surface area contributed by atoms with E-state index < -0.39 is 23.3 Å². The van der Waals surface area contributed by atoms with Crippen molar-refractivity contribution in [3.63, 3.8) is 0 Å². The van der Waals surface area contributed by atoms with Crippen molar-refractivity contribution in [2.24, 2.45) is 11.8 Å². The third kappa shape index (κ3) is 2.29. The van der Waals surface area contributed by atoms with Crippen molar-refractivity contribution in [3.05, 3.63) is 56.5 Å². The topological polar surface area (TPSA) is 69.7 Å². The van der Waals surface area contributed by atoms with Gasteiger partial charge in [0.15, 0.2) is 0 Å². The first kappa shape index (κ1) is 20.5. The molecule has 4 atom stereocenters. The first-order valence-corrected chi connectivity index (χ1v) is 11.6. The maximum Gasteiger partial charge on any atom is 0.250 e. The van der Waals surface area contributed by atoms with E-state index in [2.05, 4.69) is 10.2 Å². The minimum absolute atomic E-state index is 0.202. The van der Waals surface area contributed by atoms with Crippen molar-refractivity contribution >= 4 is 63.9 Å². The van der Waals surface area contributed by atoms with Crippen molar-refractivity contribution in [2.75, 3.05) is 16.8 Å². The zero-order chi connectivity index (χ0) is 22.5. The Bertz CT molecular complexity index is 1250. The molecule has 3 saturated heterocycles. The summed E-state index contributed by atoms with van der Waals surface area (Å²) >= 11 is 18.8. The molecule has 4 aliphatic rings. The van der Waals surface area contributed by atoms with Gasteiger partial charge in [-0.3, -0.25) is 19.3 Å². The fourth-order valence-electron chi connectivity index (χ4n) is 6.29. The molecule has 0 radical (unpaired) electrons. The summed E-state index contributed by atoms with van der Waals surface area (Å²) in [7, 11) is 0. The summed E-state index contributed by atoms with van der Waals surface area (Å²) < 4.78 is 0. The number of carbonyl (C=O) groups is 3. The number of carbonyl (C=O) groups excluding carboxylic acids is 3. The number of nitrogens with zero attached hydrogens (tertiary/aromatic N) is 2. The summed E-state index contributed by atoms with van der Waals surface area (Å²) in [6.07, 6.45) is 1.60. The lowest BCUT2D eigenvalue weighted by Gasteiger charge is -2.36. The van der Waals surface area contributed by atoms with Gasteiger partial charge in [-0.25, -0.2) is 4.90 Å². The minimum Gasteiger partial charge on any atom is -0.324 e. The zero-order valence-corrected chi connectivity index (χ0v) is 19.3. The second-order valence-corrected chi connectivity index (χ2v) is 10.1. The summed E-state index contributed by atoms with van der Waals surface area (Å²) in [5.41, 5.74) is 1.11. The van der Waals surface area contributed by atoms with Crippen LogP contribution in [0, 0.1) is 18.8 Å². The molecule has 3 fully saturated rings. The smallest absolute Gasteiger partial charge is 0.250 e. The number of benzene rings is 2. The molecule has 32 heavy (non-hydrogen) atoms. The van der Waals surface area contributed by atoms with Gasteiger partial charge < -0.3 is 5.32 Å². The van der Waals surface area contributed by atoms with Crippen LogP contribution in [0.3, 0.4) is 0 Å². The normalized spacial score (nSPS) is 30.8. The molecule has 6 rings (SSSR count). The molecule has 2 aromatic rings. The van der Waals surface area contributed by atoms with Crippen molar-refractivity contribution in [3.8, 4) is 0 Å². The summed E-state index contributed by atoms with van der Waals surface area (Å²) in [6.45, 7) is 2.48. The maximum atomic E-state index is 13.9. The Labute approximate surface area is 199 Å². The van der Waals surface area contributed by atoms with E-state index in [4.69, 9.17) is 34.8 Å². The van der Waals surface area contributed by atoms with Gasteiger partial charge in [0.2, 0.25) is 17.7 Å². The molecule has 0 aromatic heterocycles. The van der Waals surface area contributed by atoms with E-state index in [9.17, 15) is 14.4 Å².